The SMILES string of the molecule is CNC(CN(C)CC1(N(C)C)CCC1)C1CCCC1. The van der Waals surface area contributed by atoms with Crippen LogP contribution >= 0.6 is 0 Å². The Bertz CT molecular complexity index is 267. The van der Waals surface area contributed by atoms with Crippen molar-refractivity contribution in [3.63, 3.8) is 0 Å². The van der Waals surface area contributed by atoms with E-state index in [1.807, 2.05) is 0 Å². The molecule has 1 atom stereocenters. The molecule has 19 heavy (non-hydrogen) atoms. The van der Waals surface area contributed by atoms with Crippen molar-refractivity contribution in [2.24, 2.45) is 5.92 Å². The largest absolute Gasteiger partial charge is 0.315 e. The molecule has 0 bridgehead atoms. The first-order chi connectivity index (χ1) is 9.07. The van der Waals surface area contributed by atoms with Crippen LogP contribution in [0.5, 0.6) is 0 Å². The zero-order valence-corrected chi connectivity index (χ0v) is 13.4. The molecule has 2 saturated carbocycles. The van der Waals surface area contributed by atoms with Gasteiger partial charge in [-0.15, -0.1) is 0 Å². The van der Waals surface area contributed by atoms with Crippen LogP contribution in [0.2, 0.25) is 0 Å². The summed E-state index contributed by atoms with van der Waals surface area (Å²) in [6.07, 6.45) is 9.89. The lowest BCUT2D eigenvalue weighted by Crippen LogP contribution is -2.58. The number of rotatable bonds is 7. The van der Waals surface area contributed by atoms with E-state index in [-0.39, 0.29) is 0 Å². The molecule has 0 aromatic rings. The van der Waals surface area contributed by atoms with E-state index in [9.17, 15) is 0 Å². The van der Waals surface area contributed by atoms with Gasteiger partial charge in [0.2, 0.25) is 0 Å². The van der Waals surface area contributed by atoms with Gasteiger partial charge >= 0.3 is 0 Å². The highest BCUT2D eigenvalue weighted by Crippen LogP contribution is 2.37. The van der Waals surface area contributed by atoms with Crippen molar-refractivity contribution in [2.75, 3.05) is 41.3 Å². The van der Waals surface area contributed by atoms with Crippen LogP contribution in [0.1, 0.15) is 44.9 Å². The smallest absolute Gasteiger partial charge is 0.0330 e. The average Bonchev–Trinajstić information content (AvgIpc) is 2.83. The van der Waals surface area contributed by atoms with E-state index in [4.69, 9.17) is 0 Å². The van der Waals surface area contributed by atoms with Crippen molar-refractivity contribution in [1.29, 1.82) is 0 Å². The first kappa shape index (κ1) is 15.3. The predicted molar refractivity (Wildman–Crippen MR) is 82.6 cm³/mol. The van der Waals surface area contributed by atoms with Crippen molar-refractivity contribution < 1.29 is 0 Å². The van der Waals surface area contributed by atoms with E-state index in [1.165, 1.54) is 58.0 Å². The maximum atomic E-state index is 3.57. The van der Waals surface area contributed by atoms with Crippen LogP contribution < -0.4 is 5.32 Å². The summed E-state index contributed by atoms with van der Waals surface area (Å²) in [5, 5.41) is 3.57. The van der Waals surface area contributed by atoms with Gasteiger partial charge in [0, 0.05) is 24.7 Å². The van der Waals surface area contributed by atoms with E-state index < -0.39 is 0 Å². The van der Waals surface area contributed by atoms with Crippen molar-refractivity contribution in [3.8, 4) is 0 Å². The molecule has 0 aromatic carbocycles. The van der Waals surface area contributed by atoms with Gasteiger partial charge in [-0.3, -0.25) is 0 Å². The Morgan fingerprint density at radius 1 is 1.11 bits per heavy atom. The minimum atomic E-state index is 0.461. The lowest BCUT2D eigenvalue weighted by atomic mass is 9.75. The summed E-state index contributed by atoms with van der Waals surface area (Å²) in [6, 6.07) is 0.687. The highest BCUT2D eigenvalue weighted by Gasteiger charge is 2.40. The third-order valence-corrected chi connectivity index (χ3v) is 5.65. The van der Waals surface area contributed by atoms with Crippen LogP contribution in [-0.4, -0.2) is 62.7 Å². The van der Waals surface area contributed by atoms with Gasteiger partial charge in [0.05, 0.1) is 0 Å². The fourth-order valence-electron chi connectivity index (χ4n) is 4.07. The maximum absolute atomic E-state index is 3.57. The van der Waals surface area contributed by atoms with Gasteiger partial charge in [-0.2, -0.15) is 0 Å². The van der Waals surface area contributed by atoms with Crippen molar-refractivity contribution in [2.45, 2.75) is 56.5 Å². The molecule has 0 amide bonds. The molecule has 1 unspecified atom stereocenters. The van der Waals surface area contributed by atoms with Crippen LogP contribution in [0.3, 0.4) is 0 Å². The van der Waals surface area contributed by atoms with E-state index in [0.717, 1.165) is 5.92 Å². The zero-order chi connectivity index (χ0) is 13.9. The topological polar surface area (TPSA) is 18.5 Å². The Morgan fingerprint density at radius 2 is 1.74 bits per heavy atom. The Hall–Kier alpha value is -0.120. The molecule has 0 saturated heterocycles. The molecule has 2 aliphatic rings. The summed E-state index contributed by atoms with van der Waals surface area (Å²) in [7, 11) is 8.95. The summed E-state index contributed by atoms with van der Waals surface area (Å²) in [4.78, 5) is 5.02. The van der Waals surface area contributed by atoms with E-state index in [1.54, 1.807) is 0 Å². The lowest BCUT2D eigenvalue weighted by Gasteiger charge is -2.49. The summed E-state index contributed by atoms with van der Waals surface area (Å²) in [6.45, 7) is 2.43. The summed E-state index contributed by atoms with van der Waals surface area (Å²) in [5.74, 6) is 0.907. The molecule has 112 valence electrons. The Balaban J connectivity index is 1.83. The van der Waals surface area contributed by atoms with E-state index in [2.05, 4.69) is 43.3 Å². The number of hydrogen-bond acceptors (Lipinski definition) is 3. The highest BCUT2D eigenvalue weighted by molar-refractivity contribution is 4.98. The molecule has 0 aromatic heterocycles. The Morgan fingerprint density at radius 3 is 2.16 bits per heavy atom. The fourth-order valence-corrected chi connectivity index (χ4v) is 4.07. The second-order valence-corrected chi connectivity index (χ2v) is 7.11. The Labute approximate surface area is 119 Å². The maximum Gasteiger partial charge on any atom is 0.0330 e. The van der Waals surface area contributed by atoms with E-state index >= 15 is 0 Å². The number of nitrogens with zero attached hydrogens (tertiary/aromatic N) is 2. The molecule has 0 aliphatic heterocycles. The molecule has 1 N–H and O–H groups in total. The van der Waals surface area contributed by atoms with Crippen LogP contribution in [0.4, 0.5) is 0 Å². The van der Waals surface area contributed by atoms with Gasteiger partial charge in [0.15, 0.2) is 0 Å². The molecular weight excluding hydrogens is 234 g/mol. The average molecular weight is 267 g/mol. The summed E-state index contributed by atoms with van der Waals surface area (Å²) >= 11 is 0. The van der Waals surface area contributed by atoms with Gasteiger partial charge in [-0.1, -0.05) is 12.8 Å². The molecule has 3 heteroatoms. The minimum absolute atomic E-state index is 0.461. The normalized spacial score (nSPS) is 24.9. The van der Waals surface area contributed by atoms with E-state index in [0.29, 0.717) is 11.6 Å². The van der Waals surface area contributed by atoms with Crippen molar-refractivity contribution in [3.05, 3.63) is 0 Å². The molecule has 2 fully saturated rings. The molecule has 0 radical (unpaired) electrons. The van der Waals surface area contributed by atoms with Crippen molar-refractivity contribution in [1.82, 2.24) is 15.1 Å². The third-order valence-electron chi connectivity index (χ3n) is 5.65. The lowest BCUT2D eigenvalue weighted by molar-refractivity contribution is 0.0241. The second kappa shape index (κ2) is 6.55. The van der Waals surface area contributed by atoms with Gasteiger partial charge in [-0.25, -0.2) is 0 Å². The minimum Gasteiger partial charge on any atom is -0.315 e. The van der Waals surface area contributed by atoms with Crippen LogP contribution in [0, 0.1) is 5.92 Å². The van der Waals surface area contributed by atoms with Crippen LogP contribution in [0.15, 0.2) is 0 Å². The molecule has 2 aliphatic carbocycles. The van der Waals surface area contributed by atoms with Gasteiger partial charge in [-0.05, 0) is 66.2 Å². The highest BCUT2D eigenvalue weighted by atomic mass is 15.2. The van der Waals surface area contributed by atoms with Gasteiger partial charge in [0.25, 0.3) is 0 Å². The fraction of sp³-hybridized carbons (Fsp3) is 1.00. The summed E-state index contributed by atoms with van der Waals surface area (Å²) < 4.78 is 0. The molecule has 2 rings (SSSR count). The standard InChI is InChI=1S/C16H33N3/c1-17-15(14-8-5-6-9-14)12-19(4)13-16(18(2)3)10-7-11-16/h14-15,17H,5-13H2,1-4H3. The molecule has 0 heterocycles. The van der Waals surface area contributed by atoms with Crippen molar-refractivity contribution >= 4 is 0 Å². The van der Waals surface area contributed by atoms with Gasteiger partial charge < -0.3 is 15.1 Å². The quantitative estimate of drug-likeness (QED) is 0.763. The third kappa shape index (κ3) is 3.50. The molecular formula is C16H33N3. The number of likely N-dealkylation sites (N-methyl/N-ethyl adjacent to an activating group) is 3. The second-order valence-electron chi connectivity index (χ2n) is 7.11. The molecule has 0 spiro atoms. The number of nitrogens with one attached hydrogen (secondary N) is 1. The van der Waals surface area contributed by atoms with Crippen LogP contribution in [-0.2, 0) is 0 Å². The Kier molecular flexibility index (Phi) is 5.27. The number of hydrogen-bond donors (Lipinski definition) is 1. The zero-order valence-electron chi connectivity index (χ0n) is 13.4. The predicted octanol–water partition coefficient (Wildman–Crippen LogP) is 2.18. The first-order valence-corrected chi connectivity index (χ1v) is 8.11. The van der Waals surface area contributed by atoms with Gasteiger partial charge in [0.1, 0.15) is 0 Å². The van der Waals surface area contributed by atoms with Crippen LogP contribution in [0.25, 0.3) is 0 Å². The molecule has 3 nitrogen and oxygen atoms in total. The monoisotopic (exact) mass is 267 g/mol. The summed E-state index contributed by atoms with van der Waals surface area (Å²) in [5.41, 5.74) is 0.461. The first-order valence-electron chi connectivity index (χ1n) is 8.11.